The van der Waals surface area contributed by atoms with Crippen molar-refractivity contribution in [2.45, 2.75) is 0 Å². The number of nitrogens with zero attached hydrogens (tertiary/aromatic N) is 1. The van der Waals surface area contributed by atoms with Crippen LogP contribution in [0, 0.1) is 11.3 Å². The molecule has 9 aromatic rings. The summed E-state index contributed by atoms with van der Waals surface area (Å²) in [5.41, 5.74) is 7.54. The molecule has 0 fully saturated rings. The molecule has 0 saturated carbocycles. The van der Waals surface area contributed by atoms with E-state index in [0.717, 1.165) is 39.0 Å². The average molecular weight is 596 g/mol. The molecule has 9 aromatic carbocycles. The second kappa shape index (κ2) is 9.78. The molecule has 2 nitrogen and oxygen atoms in total. The maximum absolute atomic E-state index is 9.71. The molecule has 0 spiro atoms. The molecule has 1 heterocycles. The fraction of sp³-hybridized carbons (Fsp3) is 0. The molecule has 0 unspecified atom stereocenters. The predicted molar refractivity (Wildman–Crippen MR) is 195 cm³/mol. The number of hydrogen-bond donors (Lipinski definition) is 0. The van der Waals surface area contributed by atoms with Crippen molar-refractivity contribution in [1.82, 2.24) is 0 Å². The van der Waals surface area contributed by atoms with Crippen LogP contribution in [0.5, 0.6) is 11.5 Å². The standard InChI is InChI=1S/C45H25NO/c46-26-31-19-21-38-37-20-18-30(23-44(37)47-43-15-7-14-32(31)45(38)43)40-25-42-35-12-5-3-10-33(35)39(24-41(42)36-13-6-4-11-34(36)40)29-17-16-27-8-1-2-9-28(27)22-29/h1-25H. The quantitative estimate of drug-likeness (QED) is 0.186. The van der Waals surface area contributed by atoms with E-state index in [0.29, 0.717) is 5.56 Å². The maximum Gasteiger partial charge on any atom is 0.135 e. The molecule has 0 bridgehead atoms. The number of benzene rings is 9. The van der Waals surface area contributed by atoms with Crippen LogP contribution in [0.15, 0.2) is 152 Å². The molecular formula is C45H25NO. The van der Waals surface area contributed by atoms with Crippen molar-refractivity contribution in [1.29, 1.82) is 5.26 Å². The van der Waals surface area contributed by atoms with Gasteiger partial charge in [0.2, 0.25) is 0 Å². The van der Waals surface area contributed by atoms with Gasteiger partial charge in [0.15, 0.2) is 0 Å². The van der Waals surface area contributed by atoms with E-state index in [4.69, 9.17) is 4.74 Å². The van der Waals surface area contributed by atoms with Crippen molar-refractivity contribution in [2.75, 3.05) is 0 Å². The number of nitriles is 1. The first-order valence-electron chi connectivity index (χ1n) is 15.9. The van der Waals surface area contributed by atoms with Crippen molar-refractivity contribution in [3.05, 3.63) is 157 Å². The fourth-order valence-corrected chi connectivity index (χ4v) is 7.68. The molecule has 216 valence electrons. The summed E-state index contributed by atoms with van der Waals surface area (Å²) in [5, 5.41) is 21.5. The second-order valence-electron chi connectivity index (χ2n) is 12.4. The Balaban J connectivity index is 1.21. The lowest BCUT2D eigenvalue weighted by Crippen LogP contribution is -1.98. The second-order valence-corrected chi connectivity index (χ2v) is 12.4. The minimum absolute atomic E-state index is 0.660. The van der Waals surface area contributed by atoms with Crippen molar-refractivity contribution >= 4 is 53.9 Å². The summed E-state index contributed by atoms with van der Waals surface area (Å²) in [6.45, 7) is 0. The summed E-state index contributed by atoms with van der Waals surface area (Å²) >= 11 is 0. The highest BCUT2D eigenvalue weighted by molar-refractivity contribution is 6.24. The van der Waals surface area contributed by atoms with Crippen molar-refractivity contribution in [3.8, 4) is 50.9 Å². The van der Waals surface area contributed by atoms with Gasteiger partial charge in [-0.15, -0.1) is 0 Å². The Morgan fingerprint density at radius 1 is 0.383 bits per heavy atom. The molecule has 47 heavy (non-hydrogen) atoms. The van der Waals surface area contributed by atoms with E-state index in [1.807, 2.05) is 24.3 Å². The molecule has 0 N–H and O–H groups in total. The third kappa shape index (κ3) is 3.78. The van der Waals surface area contributed by atoms with Crippen molar-refractivity contribution in [2.24, 2.45) is 0 Å². The van der Waals surface area contributed by atoms with E-state index in [1.165, 1.54) is 59.8 Å². The van der Waals surface area contributed by atoms with Crippen LogP contribution in [0.2, 0.25) is 0 Å². The number of fused-ring (bicyclic) bond motifs is 8. The van der Waals surface area contributed by atoms with Gasteiger partial charge < -0.3 is 4.74 Å². The molecule has 2 heteroatoms. The Bertz CT molecular complexity index is 2840. The zero-order valence-corrected chi connectivity index (χ0v) is 25.3. The van der Waals surface area contributed by atoms with Gasteiger partial charge in [0.1, 0.15) is 11.5 Å². The Hall–Kier alpha value is -6.43. The Morgan fingerprint density at radius 3 is 1.70 bits per heavy atom. The number of ether oxygens (including phenoxy) is 1. The normalized spacial score (nSPS) is 12.0. The van der Waals surface area contributed by atoms with Gasteiger partial charge in [-0.25, -0.2) is 0 Å². The summed E-state index contributed by atoms with van der Waals surface area (Å²) in [6, 6.07) is 56.4. The van der Waals surface area contributed by atoms with E-state index in [2.05, 4.69) is 133 Å². The van der Waals surface area contributed by atoms with Crippen molar-refractivity contribution < 1.29 is 4.74 Å². The van der Waals surface area contributed by atoms with Gasteiger partial charge in [-0.1, -0.05) is 109 Å². The molecule has 0 amide bonds. The zero-order valence-electron chi connectivity index (χ0n) is 25.3. The topological polar surface area (TPSA) is 33.0 Å². The van der Waals surface area contributed by atoms with Crippen LogP contribution in [0.1, 0.15) is 5.56 Å². The molecule has 0 radical (unpaired) electrons. The first-order valence-corrected chi connectivity index (χ1v) is 15.9. The van der Waals surface area contributed by atoms with Crippen LogP contribution in [0.4, 0.5) is 0 Å². The summed E-state index contributed by atoms with van der Waals surface area (Å²) in [7, 11) is 0. The van der Waals surface area contributed by atoms with Crippen LogP contribution in [0.25, 0.3) is 87.2 Å². The highest BCUT2D eigenvalue weighted by Crippen LogP contribution is 2.49. The lowest BCUT2D eigenvalue weighted by atomic mass is 9.86. The molecule has 0 saturated heterocycles. The zero-order chi connectivity index (χ0) is 31.1. The summed E-state index contributed by atoms with van der Waals surface area (Å²) < 4.78 is 6.57. The highest BCUT2D eigenvalue weighted by Gasteiger charge is 2.23. The van der Waals surface area contributed by atoms with Gasteiger partial charge in [-0.2, -0.15) is 5.26 Å². The van der Waals surface area contributed by atoms with Gasteiger partial charge in [-0.05, 0) is 113 Å². The number of rotatable bonds is 2. The Kier molecular flexibility index (Phi) is 5.38. The minimum Gasteiger partial charge on any atom is -0.456 e. The van der Waals surface area contributed by atoms with E-state index in [9.17, 15) is 5.26 Å². The molecule has 1 aliphatic heterocycles. The fourth-order valence-electron chi connectivity index (χ4n) is 7.68. The van der Waals surface area contributed by atoms with E-state index >= 15 is 0 Å². The van der Waals surface area contributed by atoms with Gasteiger partial charge in [0.05, 0.1) is 11.6 Å². The van der Waals surface area contributed by atoms with Crippen LogP contribution in [-0.2, 0) is 0 Å². The number of hydrogen-bond acceptors (Lipinski definition) is 2. The monoisotopic (exact) mass is 595 g/mol. The van der Waals surface area contributed by atoms with Crippen molar-refractivity contribution in [3.63, 3.8) is 0 Å². The summed E-state index contributed by atoms with van der Waals surface area (Å²) in [6.07, 6.45) is 0. The Labute approximate surface area is 271 Å². The lowest BCUT2D eigenvalue weighted by Gasteiger charge is -2.23. The first-order chi connectivity index (χ1) is 23.2. The van der Waals surface area contributed by atoms with Crippen LogP contribution in [0.3, 0.4) is 0 Å². The highest BCUT2D eigenvalue weighted by atomic mass is 16.5. The minimum atomic E-state index is 0.660. The summed E-state index contributed by atoms with van der Waals surface area (Å²) in [5.74, 6) is 1.61. The first kappa shape index (κ1) is 25.9. The molecular weight excluding hydrogens is 571 g/mol. The van der Waals surface area contributed by atoms with Gasteiger partial charge in [-0.3, -0.25) is 0 Å². The van der Waals surface area contributed by atoms with Gasteiger partial charge in [0.25, 0.3) is 0 Å². The third-order valence-electron chi connectivity index (χ3n) is 9.87. The molecule has 0 aromatic heterocycles. The summed E-state index contributed by atoms with van der Waals surface area (Å²) in [4.78, 5) is 0. The van der Waals surface area contributed by atoms with Crippen LogP contribution >= 0.6 is 0 Å². The third-order valence-corrected chi connectivity index (χ3v) is 9.87. The van der Waals surface area contributed by atoms with Crippen LogP contribution < -0.4 is 4.74 Å². The largest absolute Gasteiger partial charge is 0.456 e. The van der Waals surface area contributed by atoms with Gasteiger partial charge >= 0.3 is 0 Å². The maximum atomic E-state index is 9.71. The molecule has 0 aliphatic carbocycles. The molecule has 1 aliphatic rings. The SMILES string of the molecule is N#Cc1ccc2c3c(cccc13)Oc1cc(-c3cc4c5ccccc5c(-c5ccc6ccccc6c5)cc4c4ccccc34)ccc1-2. The predicted octanol–water partition coefficient (Wildman–Crippen LogP) is 12.4. The van der Waals surface area contributed by atoms with Crippen LogP contribution in [-0.4, -0.2) is 0 Å². The van der Waals surface area contributed by atoms with E-state index < -0.39 is 0 Å². The molecule has 10 rings (SSSR count). The lowest BCUT2D eigenvalue weighted by molar-refractivity contribution is 0.487. The van der Waals surface area contributed by atoms with E-state index in [-0.39, 0.29) is 0 Å². The smallest absolute Gasteiger partial charge is 0.135 e. The van der Waals surface area contributed by atoms with Gasteiger partial charge in [0, 0.05) is 16.3 Å². The average Bonchev–Trinajstić information content (AvgIpc) is 3.14. The molecule has 0 atom stereocenters. The van der Waals surface area contributed by atoms with E-state index in [1.54, 1.807) is 0 Å². The Morgan fingerprint density at radius 2 is 0.979 bits per heavy atom.